The molecule has 0 atom stereocenters. The molecule has 24 nitrogen and oxygen atoms in total. The van der Waals surface area contributed by atoms with Gasteiger partial charge in [-0.2, -0.15) is 50.5 Å². The molecule has 0 amide bonds. The second-order valence-electron chi connectivity index (χ2n) is 16.7. The van der Waals surface area contributed by atoms with E-state index in [1.165, 1.54) is 0 Å². The third kappa shape index (κ3) is 56.7. The van der Waals surface area contributed by atoms with Crippen molar-refractivity contribution in [1.82, 2.24) is 0 Å². The zero-order valence-corrected chi connectivity index (χ0v) is 51.6. The van der Waals surface area contributed by atoms with Gasteiger partial charge in [-0.25, -0.2) is 19.2 Å². The van der Waals surface area contributed by atoms with Crippen LogP contribution >= 0.6 is 50.5 Å². The predicted molar refractivity (Wildman–Crippen MR) is 318 cm³/mol. The van der Waals surface area contributed by atoms with Crippen molar-refractivity contribution in [3.05, 3.63) is 50.6 Å². The lowest BCUT2D eigenvalue weighted by molar-refractivity contribution is -0.140. The van der Waals surface area contributed by atoms with Gasteiger partial charge in [0.05, 0.1) is 222 Å². The summed E-state index contributed by atoms with van der Waals surface area (Å²) in [4.78, 5) is 44.6. The van der Waals surface area contributed by atoms with Crippen molar-refractivity contribution in [2.45, 2.75) is 0 Å². The van der Waals surface area contributed by atoms with Crippen LogP contribution in [0.25, 0.3) is 0 Å². The Hall–Kier alpha value is -2.40. The SMILES string of the molecule is C=CC(=O)OCCOCCOCC(COCCOCCOC(=O)C=C)(COCCOCCOC(=O)C=C)COCCOCCOC(=O)C=C.SCCOCCOCC(COCCOCCS)(COCCOCCS)COCCOCCS. The van der Waals surface area contributed by atoms with Crippen LogP contribution in [0.2, 0.25) is 0 Å². The molecule has 0 aliphatic rings. The van der Waals surface area contributed by atoms with E-state index in [1.807, 2.05) is 0 Å². The molecule has 0 bridgehead atoms. The molecule has 0 saturated carbocycles. The molecule has 0 unspecified atom stereocenters. The van der Waals surface area contributed by atoms with Gasteiger partial charge in [0.1, 0.15) is 26.4 Å². The molecule has 0 aliphatic carbocycles. The van der Waals surface area contributed by atoms with E-state index >= 15 is 0 Å². The van der Waals surface area contributed by atoms with Gasteiger partial charge in [-0.05, 0) is 0 Å². The lowest BCUT2D eigenvalue weighted by Crippen LogP contribution is -2.43. The largest absolute Gasteiger partial charge is 0.460 e. The van der Waals surface area contributed by atoms with Crippen LogP contribution in [0.1, 0.15) is 0 Å². The Morgan fingerprint density at radius 1 is 0.232 bits per heavy atom. The van der Waals surface area contributed by atoms with E-state index in [-0.39, 0.29) is 132 Å². The summed E-state index contributed by atoms with van der Waals surface area (Å²) in [6.07, 6.45) is 4.29. The molecule has 0 N–H and O–H groups in total. The second-order valence-corrected chi connectivity index (χ2v) is 18.5. The molecule has 0 aromatic carbocycles. The van der Waals surface area contributed by atoms with Crippen LogP contribution in [-0.2, 0) is 114 Å². The third-order valence-corrected chi connectivity index (χ3v) is 10.5. The molecule has 0 aromatic rings. The lowest BCUT2D eigenvalue weighted by Gasteiger charge is -2.33. The van der Waals surface area contributed by atoms with Crippen LogP contribution in [0.3, 0.4) is 0 Å². The van der Waals surface area contributed by atoms with Gasteiger partial charge in [0, 0.05) is 47.3 Å². The fraction of sp³-hybridized carbons (Fsp3) is 0.778. The maximum absolute atomic E-state index is 11.1. The third-order valence-electron chi connectivity index (χ3n) is 9.74. The summed E-state index contributed by atoms with van der Waals surface area (Å²) in [6.45, 7) is 24.9. The van der Waals surface area contributed by atoms with E-state index in [2.05, 4.69) is 76.8 Å². The minimum atomic E-state index is -0.780. The average molecular weight is 1260 g/mol. The fourth-order valence-corrected chi connectivity index (χ4v) is 6.38. The van der Waals surface area contributed by atoms with Crippen molar-refractivity contribution < 1.29 is 114 Å². The smallest absolute Gasteiger partial charge is 0.330 e. The first-order valence-corrected chi connectivity index (χ1v) is 29.4. The Morgan fingerprint density at radius 2 is 0.366 bits per heavy atom. The second kappa shape index (κ2) is 64.6. The van der Waals surface area contributed by atoms with E-state index in [9.17, 15) is 19.2 Å². The molecule has 0 rings (SSSR count). The molecule has 0 radical (unpaired) electrons. The highest BCUT2D eigenvalue weighted by atomic mass is 32.1. The van der Waals surface area contributed by atoms with Gasteiger partial charge in [0.25, 0.3) is 0 Å². The molecular formula is C54H96O24S4. The van der Waals surface area contributed by atoms with E-state index in [0.717, 1.165) is 24.3 Å². The normalized spacial score (nSPS) is 11.4. The Balaban J connectivity index is 0. The molecule has 28 heteroatoms. The zero-order chi connectivity index (χ0) is 60.6. The monoisotopic (exact) mass is 1260 g/mol. The highest BCUT2D eigenvalue weighted by Crippen LogP contribution is 2.22. The Morgan fingerprint density at radius 3 is 0.512 bits per heavy atom. The zero-order valence-electron chi connectivity index (χ0n) is 48.0. The van der Waals surface area contributed by atoms with Crippen LogP contribution in [0.15, 0.2) is 50.6 Å². The summed E-state index contributed by atoms with van der Waals surface area (Å²) < 4.78 is 110. The molecular weight excluding hydrogens is 1160 g/mol. The van der Waals surface area contributed by atoms with Crippen molar-refractivity contribution in [3.8, 4) is 0 Å². The first-order chi connectivity index (χ1) is 40.1. The van der Waals surface area contributed by atoms with Gasteiger partial charge in [0.15, 0.2) is 0 Å². The number of rotatable bonds is 64. The van der Waals surface area contributed by atoms with E-state index in [0.29, 0.717) is 129 Å². The van der Waals surface area contributed by atoms with Crippen molar-refractivity contribution in [3.63, 3.8) is 0 Å². The lowest BCUT2D eigenvalue weighted by atomic mass is 9.92. The Labute approximate surface area is 508 Å². The number of hydrogen-bond acceptors (Lipinski definition) is 28. The van der Waals surface area contributed by atoms with Crippen LogP contribution in [0.5, 0.6) is 0 Å². The summed E-state index contributed by atoms with van der Waals surface area (Å²) in [5, 5.41) is 0. The Bertz CT molecular complexity index is 1300. The van der Waals surface area contributed by atoms with Crippen molar-refractivity contribution in [2.75, 3.05) is 261 Å². The maximum Gasteiger partial charge on any atom is 0.330 e. The van der Waals surface area contributed by atoms with E-state index < -0.39 is 34.7 Å². The number of carbonyl (C=O) groups excluding carboxylic acids is 4. The summed E-state index contributed by atoms with van der Waals surface area (Å²) >= 11 is 16.6. The Kier molecular flexibility index (Phi) is 64.3. The van der Waals surface area contributed by atoms with Gasteiger partial charge < -0.3 is 94.7 Å². The summed E-state index contributed by atoms with van der Waals surface area (Å²) in [5.74, 6) is 0.587. The van der Waals surface area contributed by atoms with Crippen LogP contribution in [-0.4, -0.2) is 285 Å². The van der Waals surface area contributed by atoms with Gasteiger partial charge in [-0.3, -0.25) is 0 Å². The van der Waals surface area contributed by atoms with Gasteiger partial charge >= 0.3 is 23.9 Å². The molecule has 0 aliphatic heterocycles. The maximum atomic E-state index is 11.1. The van der Waals surface area contributed by atoms with Gasteiger partial charge in [0.2, 0.25) is 0 Å². The average Bonchev–Trinajstić information content (AvgIpc) is 3.48. The fourth-order valence-electron chi connectivity index (χ4n) is 5.87. The number of esters is 4. The van der Waals surface area contributed by atoms with Crippen LogP contribution in [0, 0.1) is 10.8 Å². The number of thiol groups is 4. The standard InChI is InChI=1S/C33H52O16.C21H44O8S4/c1-5-29(34)46-21-17-38-9-13-42-25-33(26-43-14-10-39-18-22-47-30(35)6-2,27-44-15-11-40-19-23-48-31(36)7-3)28-45-16-12-41-20-24-49-32(37)8-4;30-13-9-22-1-5-26-17-21(18-27-6-2-23-10-14-31,19-28-7-3-24-11-15-32)20-29-8-4-25-12-16-33/h5-8H,1-4,9-28H2;30-33H,1-20H2. The highest BCUT2D eigenvalue weighted by molar-refractivity contribution is 7.80. The number of ether oxygens (including phenoxy) is 20. The van der Waals surface area contributed by atoms with E-state index in [1.54, 1.807) is 0 Å². The molecule has 82 heavy (non-hydrogen) atoms. The first-order valence-electron chi connectivity index (χ1n) is 26.9. The quantitative estimate of drug-likeness (QED) is 0.0225. The topological polar surface area (TPSA) is 253 Å². The first kappa shape index (κ1) is 81.7. The van der Waals surface area contributed by atoms with Crippen LogP contribution in [0.4, 0.5) is 0 Å². The number of carbonyl (C=O) groups is 4. The van der Waals surface area contributed by atoms with Crippen molar-refractivity contribution in [2.24, 2.45) is 10.8 Å². The predicted octanol–water partition coefficient (Wildman–Crippen LogP) is 2.85. The molecule has 480 valence electrons. The van der Waals surface area contributed by atoms with Crippen molar-refractivity contribution in [1.29, 1.82) is 0 Å². The molecule has 0 heterocycles. The van der Waals surface area contributed by atoms with E-state index in [4.69, 9.17) is 94.7 Å². The number of hydrogen-bond donors (Lipinski definition) is 4. The summed E-state index contributed by atoms with van der Waals surface area (Å²) in [5.41, 5.74) is -1.27. The molecule has 0 spiro atoms. The molecule has 0 aromatic heterocycles. The highest BCUT2D eigenvalue weighted by Gasteiger charge is 2.34. The summed E-state index contributed by atoms with van der Waals surface area (Å²) in [6, 6.07) is 0. The minimum absolute atomic E-state index is 0.0839. The minimum Gasteiger partial charge on any atom is -0.460 e. The van der Waals surface area contributed by atoms with Gasteiger partial charge in [-0.15, -0.1) is 0 Å². The molecule has 0 fully saturated rings. The molecule has 0 saturated heterocycles. The van der Waals surface area contributed by atoms with Crippen LogP contribution < -0.4 is 0 Å². The van der Waals surface area contributed by atoms with Gasteiger partial charge in [-0.1, -0.05) is 26.3 Å². The van der Waals surface area contributed by atoms with Crippen molar-refractivity contribution >= 4 is 74.4 Å². The summed E-state index contributed by atoms with van der Waals surface area (Å²) in [7, 11) is 0.